The van der Waals surface area contributed by atoms with Crippen LogP contribution in [0.25, 0.3) is 0 Å². The van der Waals surface area contributed by atoms with Crippen molar-refractivity contribution in [1.29, 1.82) is 0 Å². The van der Waals surface area contributed by atoms with E-state index in [4.69, 9.17) is 0 Å². The number of hydrogen-bond donors (Lipinski definition) is 0. The molecule has 3 heteroatoms. The Hall–Kier alpha value is 0.439. The second-order valence-corrected chi connectivity index (χ2v) is 0. The molecule has 0 saturated carbocycles. The Morgan fingerprint density at radius 2 is 1.00 bits per heavy atom. The van der Waals surface area contributed by atoms with Crippen LogP contribution in [0.1, 0.15) is 0 Å². The topological polar surface area (TPSA) is 62.0 Å². The molecular weight excluding hydrogens is 97.9 g/mol. The molecule has 25 valence electrons. The van der Waals surface area contributed by atoms with Gasteiger partial charge in [-0.05, 0) is 0 Å². The molecule has 0 amide bonds. The van der Waals surface area contributed by atoms with Gasteiger partial charge in [-0.3, -0.25) is 0 Å². The van der Waals surface area contributed by atoms with Crippen molar-refractivity contribution in [2.45, 2.75) is 0 Å². The molecule has 4 heavy (non-hydrogen) atoms. The summed E-state index contributed by atoms with van der Waals surface area (Å²) < 4.78 is 0. The summed E-state index contributed by atoms with van der Waals surface area (Å²) in [5.74, 6) is 0. The van der Waals surface area contributed by atoms with Crippen molar-refractivity contribution in [3.8, 4) is 0 Å². The summed E-state index contributed by atoms with van der Waals surface area (Å²) in [6.07, 6.45) is 0. The SMILES string of the molecule is O.[C].[Fe].[N]. The Morgan fingerprint density at radius 1 is 1.00 bits per heavy atom. The van der Waals surface area contributed by atoms with Gasteiger partial charge in [0.2, 0.25) is 0 Å². The van der Waals surface area contributed by atoms with Gasteiger partial charge in [-0.2, -0.15) is 0 Å². The first-order valence-corrected chi connectivity index (χ1v) is 0. The van der Waals surface area contributed by atoms with Crippen molar-refractivity contribution in [3.05, 3.63) is 7.43 Å². The standard InChI is InChI=1S/C.Fe.N.H2O/h;;;1H2. The fraction of sp³-hybridized carbons (Fsp3) is 0. The van der Waals surface area contributed by atoms with Crippen LogP contribution >= 0.6 is 0 Å². The van der Waals surface area contributed by atoms with Gasteiger partial charge in [0.1, 0.15) is 0 Å². The smallest absolute Gasteiger partial charge is 0 e. The zero-order valence-corrected chi connectivity index (χ0v) is 2.90. The molecule has 0 saturated heterocycles. The van der Waals surface area contributed by atoms with Crippen LogP contribution in [0.15, 0.2) is 0 Å². The fourth-order valence-corrected chi connectivity index (χ4v) is 0. The van der Waals surface area contributed by atoms with E-state index < -0.39 is 0 Å². The average Bonchev–Trinajstić information content (AvgIpc) is 0. The molecule has 0 aliphatic heterocycles. The Morgan fingerprint density at radius 3 is 1.00 bits per heavy atom. The van der Waals surface area contributed by atoms with Gasteiger partial charge in [-0.25, -0.2) is 0 Å². The predicted octanol–water partition coefficient (Wildman–Crippen LogP) is -1.23. The van der Waals surface area contributed by atoms with E-state index in [2.05, 4.69) is 0 Å². The van der Waals surface area contributed by atoms with Crippen LogP contribution in [0.3, 0.4) is 0 Å². The second-order valence-electron chi connectivity index (χ2n) is 0. The third kappa shape index (κ3) is 26.2. The summed E-state index contributed by atoms with van der Waals surface area (Å²) in [7, 11) is 0. The largest absolute Gasteiger partial charge is 0.412 e. The van der Waals surface area contributed by atoms with Crippen LogP contribution in [0.5, 0.6) is 0 Å². The van der Waals surface area contributed by atoms with Crippen molar-refractivity contribution in [1.82, 2.24) is 6.15 Å². The van der Waals surface area contributed by atoms with E-state index in [9.17, 15) is 0 Å². The molecule has 0 aliphatic carbocycles. The minimum absolute atomic E-state index is 0. The molecule has 0 bridgehead atoms. The van der Waals surface area contributed by atoms with Gasteiger partial charge in [-0.15, -0.1) is 0 Å². The fourth-order valence-electron chi connectivity index (χ4n) is 0. The van der Waals surface area contributed by atoms with E-state index in [0.29, 0.717) is 0 Å². The van der Waals surface area contributed by atoms with Crippen LogP contribution < -0.4 is 6.15 Å². The minimum Gasteiger partial charge on any atom is -0.412 e. The van der Waals surface area contributed by atoms with Crippen LogP contribution in [-0.4, -0.2) is 5.48 Å². The number of rotatable bonds is 0. The summed E-state index contributed by atoms with van der Waals surface area (Å²) in [5, 5.41) is 0. The van der Waals surface area contributed by atoms with Crippen molar-refractivity contribution in [2.24, 2.45) is 0 Å². The Balaban J connectivity index is 0. The molecule has 0 aromatic rings. The van der Waals surface area contributed by atoms with Gasteiger partial charge in [0, 0.05) is 30.6 Å². The first kappa shape index (κ1) is 272. The van der Waals surface area contributed by atoms with Crippen molar-refractivity contribution < 1.29 is 22.5 Å². The molecule has 0 atom stereocenters. The normalized spacial score (nSPS) is 0. The molecule has 0 heterocycles. The molecule has 0 unspecified atom stereocenters. The molecule has 0 rings (SSSR count). The average molecular weight is 99.9 g/mol. The van der Waals surface area contributed by atoms with Gasteiger partial charge >= 0.3 is 0 Å². The molecule has 2 nitrogen and oxygen atoms in total. The van der Waals surface area contributed by atoms with Gasteiger partial charge in [0.05, 0.1) is 0 Å². The minimum atomic E-state index is 0. The molecule has 7 radical (unpaired) electrons. The summed E-state index contributed by atoms with van der Waals surface area (Å²) in [6.45, 7) is 0. The van der Waals surface area contributed by atoms with Crippen LogP contribution in [0, 0.1) is 7.43 Å². The molecule has 0 aromatic carbocycles. The van der Waals surface area contributed by atoms with E-state index >= 15 is 0 Å². The quantitative estimate of drug-likeness (QED) is 0.342. The first-order valence-electron chi connectivity index (χ1n) is 0. The summed E-state index contributed by atoms with van der Waals surface area (Å²) in [5.41, 5.74) is 0. The number of hydrogen-bond acceptors (Lipinski definition) is 0. The molecular formula is CH2FeNO. The maximum atomic E-state index is 0. The molecule has 2 N–H and O–H groups in total. The molecule has 0 aromatic heterocycles. The van der Waals surface area contributed by atoms with E-state index in [-0.39, 0.29) is 36.1 Å². The van der Waals surface area contributed by atoms with E-state index in [1.54, 1.807) is 0 Å². The molecule has 0 fully saturated rings. The van der Waals surface area contributed by atoms with Gasteiger partial charge in [-0.1, -0.05) is 0 Å². The molecule has 0 aliphatic rings. The third-order valence-electron chi connectivity index (χ3n) is 0. The van der Waals surface area contributed by atoms with Gasteiger partial charge < -0.3 is 5.48 Å². The third-order valence-corrected chi connectivity index (χ3v) is 0. The Bertz CT molecular complexity index is 8.00. The monoisotopic (exact) mass is 99.9 g/mol. The predicted molar refractivity (Wildman–Crippen MR) is 8.99 cm³/mol. The van der Waals surface area contributed by atoms with Gasteiger partial charge in [0.15, 0.2) is 0 Å². The Kier molecular flexibility index (Phi) is 7200. The van der Waals surface area contributed by atoms with Crippen molar-refractivity contribution >= 4 is 0 Å². The maximum Gasteiger partial charge on any atom is 0 e. The van der Waals surface area contributed by atoms with Crippen LogP contribution in [0.4, 0.5) is 0 Å². The molecule has 0 spiro atoms. The zero-order valence-electron chi connectivity index (χ0n) is 1.80. The van der Waals surface area contributed by atoms with E-state index in [1.165, 1.54) is 0 Å². The summed E-state index contributed by atoms with van der Waals surface area (Å²) in [6, 6.07) is 0. The second kappa shape index (κ2) is 106. The van der Waals surface area contributed by atoms with E-state index in [1.807, 2.05) is 0 Å². The van der Waals surface area contributed by atoms with E-state index in [0.717, 1.165) is 0 Å². The van der Waals surface area contributed by atoms with Crippen molar-refractivity contribution in [3.63, 3.8) is 0 Å². The van der Waals surface area contributed by atoms with Gasteiger partial charge in [0.25, 0.3) is 0 Å². The first-order chi connectivity index (χ1) is 0. The summed E-state index contributed by atoms with van der Waals surface area (Å²) in [4.78, 5) is 0. The summed E-state index contributed by atoms with van der Waals surface area (Å²) >= 11 is 0. The maximum absolute atomic E-state index is 0. The van der Waals surface area contributed by atoms with Crippen molar-refractivity contribution in [2.75, 3.05) is 0 Å². The zero-order chi connectivity index (χ0) is 0. The van der Waals surface area contributed by atoms with Crippen LogP contribution in [-0.2, 0) is 17.1 Å². The number of nitrogens with zero attached hydrogens (tertiary/aromatic N) is 1. The van der Waals surface area contributed by atoms with Crippen LogP contribution in [0.2, 0.25) is 0 Å². The Labute approximate surface area is 37.0 Å².